The zero-order chi connectivity index (χ0) is 15.1. The van der Waals surface area contributed by atoms with E-state index in [0.29, 0.717) is 18.6 Å². The Kier molecular flexibility index (Phi) is 6.03. The molecule has 0 spiro atoms. The molecule has 2 rings (SSSR count). The van der Waals surface area contributed by atoms with Gasteiger partial charge in [0.25, 0.3) is 0 Å². The highest BCUT2D eigenvalue weighted by molar-refractivity contribution is 6.30. The van der Waals surface area contributed by atoms with E-state index < -0.39 is 0 Å². The zero-order valence-electron chi connectivity index (χ0n) is 12.0. The standard InChI is InChI=1S/C17H19ClFNO/c1-2-20-14(12-21-15-8-4-3-5-9-15)11-13-7-6-10-16(18)17(13)19/h3-10,14,20H,2,11-12H2,1H3. The van der Waals surface area contributed by atoms with Crippen molar-refractivity contribution in [3.8, 4) is 5.75 Å². The summed E-state index contributed by atoms with van der Waals surface area (Å²) in [5, 5.41) is 3.47. The van der Waals surface area contributed by atoms with Crippen molar-refractivity contribution in [2.45, 2.75) is 19.4 Å². The van der Waals surface area contributed by atoms with Crippen LogP contribution in [0.25, 0.3) is 0 Å². The average molecular weight is 308 g/mol. The van der Waals surface area contributed by atoms with Crippen LogP contribution in [0.2, 0.25) is 5.02 Å². The molecular weight excluding hydrogens is 289 g/mol. The van der Waals surface area contributed by atoms with Gasteiger partial charge in [-0.15, -0.1) is 0 Å². The maximum atomic E-state index is 14.0. The van der Waals surface area contributed by atoms with Gasteiger partial charge in [-0.1, -0.05) is 48.9 Å². The maximum absolute atomic E-state index is 14.0. The molecule has 0 heterocycles. The third-order valence-corrected chi connectivity index (χ3v) is 3.48. The largest absolute Gasteiger partial charge is 0.492 e. The normalized spacial score (nSPS) is 12.1. The minimum absolute atomic E-state index is 0.0307. The molecule has 0 radical (unpaired) electrons. The number of rotatable bonds is 7. The van der Waals surface area contributed by atoms with Crippen LogP contribution in [0.15, 0.2) is 48.5 Å². The molecule has 1 atom stereocenters. The molecule has 1 unspecified atom stereocenters. The van der Waals surface area contributed by atoms with Gasteiger partial charge in [0.15, 0.2) is 0 Å². The molecule has 2 aromatic carbocycles. The lowest BCUT2D eigenvalue weighted by atomic mass is 10.1. The van der Waals surface area contributed by atoms with Crippen LogP contribution in [0.5, 0.6) is 5.75 Å². The summed E-state index contributed by atoms with van der Waals surface area (Å²) in [6.45, 7) is 3.29. The first-order valence-corrected chi connectivity index (χ1v) is 7.42. The molecule has 0 bridgehead atoms. The van der Waals surface area contributed by atoms with Crippen molar-refractivity contribution in [2.24, 2.45) is 0 Å². The molecule has 0 amide bonds. The number of para-hydroxylation sites is 1. The van der Waals surface area contributed by atoms with Crippen LogP contribution in [0, 0.1) is 5.82 Å². The number of ether oxygens (including phenoxy) is 1. The number of hydrogen-bond donors (Lipinski definition) is 1. The molecular formula is C17H19ClFNO. The van der Waals surface area contributed by atoms with Gasteiger partial charge in [-0.05, 0) is 36.7 Å². The van der Waals surface area contributed by atoms with Crippen LogP contribution in [-0.2, 0) is 6.42 Å². The van der Waals surface area contributed by atoms with Gasteiger partial charge < -0.3 is 10.1 Å². The first kappa shape index (κ1) is 15.8. The van der Waals surface area contributed by atoms with E-state index in [9.17, 15) is 4.39 Å². The molecule has 4 heteroatoms. The summed E-state index contributed by atoms with van der Waals surface area (Å²) in [6, 6.07) is 14.7. The molecule has 0 fully saturated rings. The fraction of sp³-hybridized carbons (Fsp3) is 0.294. The van der Waals surface area contributed by atoms with Crippen LogP contribution in [0.1, 0.15) is 12.5 Å². The Morgan fingerprint density at radius 2 is 1.90 bits per heavy atom. The Labute approximate surface area is 129 Å². The summed E-state index contributed by atoms with van der Waals surface area (Å²) in [5.41, 5.74) is 0.602. The zero-order valence-corrected chi connectivity index (χ0v) is 12.7. The Balaban J connectivity index is 2.00. The van der Waals surface area contributed by atoms with E-state index in [4.69, 9.17) is 16.3 Å². The second-order valence-corrected chi connectivity index (χ2v) is 5.20. The van der Waals surface area contributed by atoms with Crippen molar-refractivity contribution in [2.75, 3.05) is 13.2 Å². The summed E-state index contributed by atoms with van der Waals surface area (Å²) >= 11 is 5.82. The first-order chi connectivity index (χ1) is 10.2. The summed E-state index contributed by atoms with van der Waals surface area (Å²) in [5.74, 6) is 0.466. The lowest BCUT2D eigenvalue weighted by Gasteiger charge is -2.19. The SMILES string of the molecule is CCNC(COc1ccccc1)Cc1cccc(Cl)c1F. The summed E-state index contributed by atoms with van der Waals surface area (Å²) in [4.78, 5) is 0. The smallest absolute Gasteiger partial charge is 0.145 e. The topological polar surface area (TPSA) is 21.3 Å². The number of likely N-dealkylation sites (N-methyl/N-ethyl adjacent to an activating group) is 1. The van der Waals surface area contributed by atoms with Gasteiger partial charge >= 0.3 is 0 Å². The number of hydrogen-bond acceptors (Lipinski definition) is 2. The van der Waals surface area contributed by atoms with E-state index in [2.05, 4.69) is 5.32 Å². The Bertz CT molecular complexity index is 562. The van der Waals surface area contributed by atoms with E-state index in [-0.39, 0.29) is 16.9 Å². The fourth-order valence-corrected chi connectivity index (χ4v) is 2.36. The third kappa shape index (κ3) is 4.73. The van der Waals surface area contributed by atoms with Crippen molar-refractivity contribution >= 4 is 11.6 Å². The minimum Gasteiger partial charge on any atom is -0.492 e. The lowest BCUT2D eigenvalue weighted by molar-refractivity contribution is 0.264. The van der Waals surface area contributed by atoms with E-state index in [1.54, 1.807) is 18.2 Å². The molecule has 2 nitrogen and oxygen atoms in total. The van der Waals surface area contributed by atoms with Gasteiger partial charge in [0, 0.05) is 6.04 Å². The van der Waals surface area contributed by atoms with Gasteiger partial charge in [-0.2, -0.15) is 0 Å². The molecule has 0 aliphatic rings. The number of nitrogens with one attached hydrogen (secondary N) is 1. The van der Waals surface area contributed by atoms with Crippen LogP contribution in [-0.4, -0.2) is 19.2 Å². The monoisotopic (exact) mass is 307 g/mol. The van der Waals surface area contributed by atoms with Crippen LogP contribution in [0.4, 0.5) is 4.39 Å². The Morgan fingerprint density at radius 3 is 2.62 bits per heavy atom. The summed E-state index contributed by atoms with van der Waals surface area (Å²) in [7, 11) is 0. The predicted octanol–water partition coefficient (Wildman–Crippen LogP) is 4.08. The highest BCUT2D eigenvalue weighted by Crippen LogP contribution is 2.19. The van der Waals surface area contributed by atoms with Crippen molar-refractivity contribution < 1.29 is 9.13 Å². The van der Waals surface area contributed by atoms with Crippen molar-refractivity contribution in [3.05, 3.63) is 64.9 Å². The van der Waals surface area contributed by atoms with Crippen molar-refractivity contribution in [1.82, 2.24) is 5.32 Å². The van der Waals surface area contributed by atoms with E-state index in [0.717, 1.165) is 12.3 Å². The van der Waals surface area contributed by atoms with Crippen LogP contribution < -0.4 is 10.1 Å². The van der Waals surface area contributed by atoms with E-state index in [1.165, 1.54) is 0 Å². The molecule has 1 N–H and O–H groups in total. The number of benzene rings is 2. The average Bonchev–Trinajstić information content (AvgIpc) is 2.50. The van der Waals surface area contributed by atoms with E-state index >= 15 is 0 Å². The van der Waals surface area contributed by atoms with Crippen LogP contribution >= 0.6 is 11.6 Å². The molecule has 0 saturated carbocycles. The summed E-state index contributed by atoms with van der Waals surface area (Å²) < 4.78 is 19.7. The molecule has 2 aromatic rings. The maximum Gasteiger partial charge on any atom is 0.145 e. The van der Waals surface area contributed by atoms with Crippen LogP contribution in [0.3, 0.4) is 0 Å². The highest BCUT2D eigenvalue weighted by Gasteiger charge is 2.14. The molecule has 0 saturated heterocycles. The van der Waals surface area contributed by atoms with Gasteiger partial charge in [0.2, 0.25) is 0 Å². The lowest BCUT2D eigenvalue weighted by Crippen LogP contribution is -2.36. The Morgan fingerprint density at radius 1 is 1.14 bits per heavy atom. The quantitative estimate of drug-likeness (QED) is 0.832. The van der Waals surface area contributed by atoms with E-state index in [1.807, 2.05) is 37.3 Å². The predicted molar refractivity (Wildman–Crippen MR) is 84.5 cm³/mol. The molecule has 21 heavy (non-hydrogen) atoms. The number of halogens is 2. The van der Waals surface area contributed by atoms with Gasteiger partial charge in [-0.25, -0.2) is 4.39 Å². The second kappa shape index (κ2) is 8.01. The van der Waals surface area contributed by atoms with Crippen molar-refractivity contribution in [3.63, 3.8) is 0 Å². The van der Waals surface area contributed by atoms with Crippen molar-refractivity contribution in [1.29, 1.82) is 0 Å². The third-order valence-electron chi connectivity index (χ3n) is 3.19. The fourth-order valence-electron chi connectivity index (χ4n) is 2.16. The highest BCUT2D eigenvalue weighted by atomic mass is 35.5. The molecule has 0 aliphatic carbocycles. The molecule has 0 aromatic heterocycles. The molecule has 0 aliphatic heterocycles. The van der Waals surface area contributed by atoms with Gasteiger partial charge in [0.1, 0.15) is 18.2 Å². The summed E-state index contributed by atoms with van der Waals surface area (Å²) in [6.07, 6.45) is 0.535. The Hall–Kier alpha value is -1.58. The molecule has 112 valence electrons. The first-order valence-electron chi connectivity index (χ1n) is 7.04. The van der Waals surface area contributed by atoms with Gasteiger partial charge in [0.05, 0.1) is 5.02 Å². The van der Waals surface area contributed by atoms with Gasteiger partial charge in [-0.3, -0.25) is 0 Å². The second-order valence-electron chi connectivity index (χ2n) is 4.80. The minimum atomic E-state index is -0.346.